The number of ether oxygens (including phenoxy) is 1. The lowest BCUT2D eigenvalue weighted by atomic mass is 9.73. The van der Waals surface area contributed by atoms with Crippen molar-refractivity contribution < 1.29 is 14.3 Å². The minimum absolute atomic E-state index is 0.0570. The minimum atomic E-state index is -0.504. The average molecular weight is 402 g/mol. The molecule has 5 nitrogen and oxygen atoms in total. The highest BCUT2D eigenvalue weighted by Gasteiger charge is 2.41. The number of hydrogen-bond donors (Lipinski definition) is 1. The van der Waals surface area contributed by atoms with Gasteiger partial charge in [0.2, 0.25) is 0 Å². The molecular formula is C25H26N2O3. The Balaban J connectivity index is 1.76. The van der Waals surface area contributed by atoms with Crippen LogP contribution in [0, 0.1) is 0 Å². The zero-order valence-corrected chi connectivity index (χ0v) is 17.4. The number of esters is 1. The van der Waals surface area contributed by atoms with E-state index in [0.29, 0.717) is 29.9 Å². The molecule has 0 radical (unpaired) electrons. The Morgan fingerprint density at radius 1 is 1.13 bits per heavy atom. The van der Waals surface area contributed by atoms with Gasteiger partial charge in [0, 0.05) is 29.6 Å². The third-order valence-electron chi connectivity index (χ3n) is 5.74. The van der Waals surface area contributed by atoms with Crippen molar-refractivity contribution in [3.05, 3.63) is 88.5 Å². The van der Waals surface area contributed by atoms with Crippen LogP contribution in [0.3, 0.4) is 0 Å². The third-order valence-corrected chi connectivity index (χ3v) is 5.74. The van der Waals surface area contributed by atoms with E-state index in [1.165, 1.54) is 0 Å². The number of dihydropyridines is 1. The maximum atomic E-state index is 13.4. The van der Waals surface area contributed by atoms with E-state index in [-0.39, 0.29) is 17.7 Å². The largest absolute Gasteiger partial charge is 0.462 e. The van der Waals surface area contributed by atoms with Gasteiger partial charge in [-0.3, -0.25) is 9.78 Å². The van der Waals surface area contributed by atoms with Crippen molar-refractivity contribution in [2.45, 2.75) is 44.9 Å². The van der Waals surface area contributed by atoms with Gasteiger partial charge in [0.25, 0.3) is 0 Å². The zero-order chi connectivity index (χ0) is 21.1. The normalized spacial score (nSPS) is 21.2. The molecule has 154 valence electrons. The maximum Gasteiger partial charge on any atom is 0.336 e. The molecule has 0 saturated heterocycles. The van der Waals surface area contributed by atoms with E-state index in [2.05, 4.69) is 22.4 Å². The summed E-state index contributed by atoms with van der Waals surface area (Å²) in [6, 6.07) is 15.7. The Kier molecular flexibility index (Phi) is 5.79. The molecule has 1 aliphatic carbocycles. The van der Waals surface area contributed by atoms with Gasteiger partial charge in [0.05, 0.1) is 23.8 Å². The van der Waals surface area contributed by atoms with Gasteiger partial charge in [0.15, 0.2) is 5.78 Å². The van der Waals surface area contributed by atoms with Crippen molar-refractivity contribution in [3.8, 4) is 0 Å². The summed E-state index contributed by atoms with van der Waals surface area (Å²) in [5.74, 6) is -0.713. The molecule has 0 saturated carbocycles. The number of allylic oxidation sites excluding steroid dienone is 3. The minimum Gasteiger partial charge on any atom is -0.462 e. The molecular weight excluding hydrogens is 376 g/mol. The molecule has 5 heteroatoms. The summed E-state index contributed by atoms with van der Waals surface area (Å²) in [7, 11) is 0. The van der Waals surface area contributed by atoms with Crippen LogP contribution in [0.2, 0.25) is 0 Å². The Labute approximate surface area is 176 Å². The quantitative estimate of drug-likeness (QED) is 0.751. The number of rotatable bonds is 5. The van der Waals surface area contributed by atoms with Gasteiger partial charge >= 0.3 is 5.97 Å². The van der Waals surface area contributed by atoms with Crippen molar-refractivity contribution in [1.82, 2.24) is 10.3 Å². The molecule has 1 aromatic heterocycles. The molecule has 4 rings (SSSR count). The van der Waals surface area contributed by atoms with Crippen molar-refractivity contribution >= 4 is 11.8 Å². The summed E-state index contributed by atoms with van der Waals surface area (Å²) in [5, 5.41) is 3.37. The highest BCUT2D eigenvalue weighted by molar-refractivity contribution is 6.04. The molecule has 2 aromatic rings. The Bertz CT molecular complexity index is 1010. The predicted octanol–water partition coefficient (Wildman–Crippen LogP) is 4.40. The van der Waals surface area contributed by atoms with Gasteiger partial charge in [-0.25, -0.2) is 4.79 Å². The van der Waals surface area contributed by atoms with Crippen molar-refractivity contribution in [2.24, 2.45) is 0 Å². The summed E-state index contributed by atoms with van der Waals surface area (Å²) < 4.78 is 5.46. The van der Waals surface area contributed by atoms with Gasteiger partial charge < -0.3 is 10.1 Å². The molecule has 2 aliphatic rings. The van der Waals surface area contributed by atoms with Gasteiger partial charge in [-0.1, -0.05) is 43.3 Å². The van der Waals surface area contributed by atoms with E-state index in [0.717, 1.165) is 29.8 Å². The smallest absolute Gasteiger partial charge is 0.336 e. The van der Waals surface area contributed by atoms with E-state index in [1.54, 1.807) is 6.20 Å². The van der Waals surface area contributed by atoms with Gasteiger partial charge in [-0.2, -0.15) is 0 Å². The average Bonchev–Trinajstić information content (AvgIpc) is 2.77. The van der Waals surface area contributed by atoms with Crippen molar-refractivity contribution in [2.75, 3.05) is 6.61 Å². The first-order chi connectivity index (χ1) is 14.6. The second-order valence-electron chi connectivity index (χ2n) is 7.82. The van der Waals surface area contributed by atoms with Gasteiger partial charge in [0.1, 0.15) is 0 Å². The number of hydrogen-bond acceptors (Lipinski definition) is 5. The molecule has 2 heterocycles. The number of carbonyl (C=O) groups excluding carboxylic acids is 2. The Morgan fingerprint density at radius 2 is 1.90 bits per heavy atom. The standard InChI is InChI=1S/C25H26N2O3/c1-3-13-30-25(29)22-16(2)27-20-14-18(17-9-5-4-6-10-17)15-21(28)23(20)24(22)19-11-7-8-12-26-19/h4-12,18,24,27H,3,13-15H2,1-2H3. The first-order valence-electron chi connectivity index (χ1n) is 10.5. The number of nitrogens with one attached hydrogen (secondary N) is 1. The molecule has 30 heavy (non-hydrogen) atoms. The molecule has 2 unspecified atom stereocenters. The highest BCUT2D eigenvalue weighted by atomic mass is 16.5. The maximum absolute atomic E-state index is 13.4. The molecule has 1 aromatic carbocycles. The third kappa shape index (κ3) is 3.80. The van der Waals surface area contributed by atoms with Crippen LogP contribution in [0.5, 0.6) is 0 Å². The van der Waals surface area contributed by atoms with E-state index in [1.807, 2.05) is 50.2 Å². The fraction of sp³-hybridized carbons (Fsp3) is 0.320. The molecule has 0 bridgehead atoms. The number of Topliss-reactive ketones (excluding diaryl/α,β-unsaturated/α-hetero) is 1. The van der Waals surface area contributed by atoms with E-state index in [9.17, 15) is 9.59 Å². The number of ketones is 1. The lowest BCUT2D eigenvalue weighted by molar-refractivity contribution is -0.139. The van der Waals surface area contributed by atoms with Crippen LogP contribution in [0.1, 0.15) is 56.2 Å². The van der Waals surface area contributed by atoms with E-state index in [4.69, 9.17) is 4.74 Å². The van der Waals surface area contributed by atoms with Gasteiger partial charge in [-0.15, -0.1) is 0 Å². The van der Waals surface area contributed by atoms with E-state index < -0.39 is 5.92 Å². The number of aromatic nitrogens is 1. The summed E-state index contributed by atoms with van der Waals surface area (Å²) in [4.78, 5) is 30.8. The Morgan fingerprint density at radius 3 is 2.60 bits per heavy atom. The van der Waals surface area contributed by atoms with Crippen LogP contribution in [0.25, 0.3) is 0 Å². The number of carbonyl (C=O) groups is 2. The molecule has 0 spiro atoms. The first kappa shape index (κ1) is 20.1. The number of pyridine rings is 1. The summed E-state index contributed by atoms with van der Waals surface area (Å²) >= 11 is 0. The fourth-order valence-electron chi connectivity index (χ4n) is 4.39. The summed E-state index contributed by atoms with van der Waals surface area (Å²) in [5.41, 5.74) is 4.60. The number of benzene rings is 1. The molecule has 1 N–H and O–H groups in total. The van der Waals surface area contributed by atoms with Gasteiger partial charge in [-0.05, 0) is 43.4 Å². The van der Waals surface area contributed by atoms with Crippen molar-refractivity contribution in [1.29, 1.82) is 0 Å². The SMILES string of the molecule is CCCOC(=O)C1=C(C)NC2=C(C(=O)CC(c3ccccc3)C2)C1c1ccccn1. The molecule has 1 aliphatic heterocycles. The fourth-order valence-corrected chi connectivity index (χ4v) is 4.39. The lowest BCUT2D eigenvalue weighted by Gasteiger charge is -2.36. The monoisotopic (exact) mass is 402 g/mol. The lowest BCUT2D eigenvalue weighted by Crippen LogP contribution is -2.36. The Hall–Kier alpha value is -3.21. The van der Waals surface area contributed by atoms with Crippen LogP contribution in [0.15, 0.2) is 77.3 Å². The van der Waals surface area contributed by atoms with Crippen LogP contribution >= 0.6 is 0 Å². The first-order valence-corrected chi connectivity index (χ1v) is 10.5. The molecule has 0 fully saturated rings. The predicted molar refractivity (Wildman–Crippen MR) is 115 cm³/mol. The second kappa shape index (κ2) is 8.66. The molecule has 2 atom stereocenters. The highest BCUT2D eigenvalue weighted by Crippen LogP contribution is 2.45. The van der Waals surface area contributed by atoms with Crippen LogP contribution in [-0.2, 0) is 14.3 Å². The summed E-state index contributed by atoms with van der Waals surface area (Å²) in [6.45, 7) is 4.18. The van der Waals surface area contributed by atoms with Crippen LogP contribution < -0.4 is 5.32 Å². The van der Waals surface area contributed by atoms with Crippen LogP contribution in [0.4, 0.5) is 0 Å². The summed E-state index contributed by atoms with van der Waals surface area (Å²) in [6.07, 6.45) is 3.58. The van der Waals surface area contributed by atoms with E-state index >= 15 is 0 Å². The number of nitrogens with zero attached hydrogens (tertiary/aromatic N) is 1. The topological polar surface area (TPSA) is 68.3 Å². The van der Waals surface area contributed by atoms with Crippen LogP contribution in [-0.4, -0.2) is 23.3 Å². The second-order valence-corrected chi connectivity index (χ2v) is 7.82. The molecule has 0 amide bonds. The van der Waals surface area contributed by atoms with Crippen molar-refractivity contribution in [3.63, 3.8) is 0 Å². The zero-order valence-electron chi connectivity index (χ0n) is 17.4.